The zero-order chi connectivity index (χ0) is 14.5. The predicted octanol–water partition coefficient (Wildman–Crippen LogP) is 1.20. The van der Waals surface area contributed by atoms with Crippen molar-refractivity contribution in [2.75, 3.05) is 39.1 Å². The van der Waals surface area contributed by atoms with Crippen LogP contribution in [0.5, 0.6) is 0 Å². The van der Waals surface area contributed by atoms with E-state index >= 15 is 0 Å². The van der Waals surface area contributed by atoms with Gasteiger partial charge in [-0.15, -0.1) is 0 Å². The van der Waals surface area contributed by atoms with Gasteiger partial charge in [0, 0.05) is 51.6 Å². The Labute approximate surface area is 121 Å². The van der Waals surface area contributed by atoms with Crippen LogP contribution in [-0.4, -0.2) is 60.2 Å². The molecular weight excluding hydrogens is 252 g/mol. The first-order valence-corrected chi connectivity index (χ1v) is 7.27. The van der Waals surface area contributed by atoms with Gasteiger partial charge in [-0.2, -0.15) is 0 Å². The molecule has 0 aromatic carbocycles. The van der Waals surface area contributed by atoms with Crippen LogP contribution in [0.2, 0.25) is 0 Å². The van der Waals surface area contributed by atoms with Gasteiger partial charge in [-0.05, 0) is 31.5 Å². The molecule has 0 aliphatic carbocycles. The first-order valence-electron chi connectivity index (χ1n) is 7.27. The number of pyridine rings is 1. The van der Waals surface area contributed by atoms with Crippen LogP contribution in [0.15, 0.2) is 18.3 Å². The van der Waals surface area contributed by atoms with Crippen LogP contribution in [0.4, 0.5) is 5.82 Å². The number of piperazine rings is 1. The third kappa shape index (κ3) is 3.91. The Hall–Kier alpha value is -1.17. The van der Waals surface area contributed by atoms with Gasteiger partial charge in [0.25, 0.3) is 0 Å². The van der Waals surface area contributed by atoms with E-state index in [0.29, 0.717) is 17.9 Å². The summed E-state index contributed by atoms with van der Waals surface area (Å²) < 4.78 is 5.20. The lowest BCUT2D eigenvalue weighted by Crippen LogP contribution is -2.56. The van der Waals surface area contributed by atoms with Crippen LogP contribution in [0.25, 0.3) is 0 Å². The molecule has 2 atom stereocenters. The Morgan fingerprint density at radius 2 is 2.05 bits per heavy atom. The molecule has 1 saturated heterocycles. The molecule has 5 heteroatoms. The molecule has 2 rings (SSSR count). The summed E-state index contributed by atoms with van der Waals surface area (Å²) in [5.41, 5.74) is 6.98. The van der Waals surface area contributed by atoms with Crippen molar-refractivity contribution in [1.29, 1.82) is 0 Å². The molecule has 2 heterocycles. The van der Waals surface area contributed by atoms with E-state index in [2.05, 4.69) is 28.6 Å². The molecule has 0 bridgehead atoms. The van der Waals surface area contributed by atoms with Crippen LogP contribution >= 0.6 is 0 Å². The lowest BCUT2D eigenvalue weighted by Gasteiger charge is -2.44. The first kappa shape index (κ1) is 15.2. The molecule has 5 nitrogen and oxygen atoms in total. The number of anilines is 1. The van der Waals surface area contributed by atoms with Crippen molar-refractivity contribution in [3.63, 3.8) is 0 Å². The summed E-state index contributed by atoms with van der Waals surface area (Å²) in [4.78, 5) is 9.07. The van der Waals surface area contributed by atoms with Crippen molar-refractivity contribution in [2.24, 2.45) is 0 Å². The average molecular weight is 278 g/mol. The predicted molar refractivity (Wildman–Crippen MR) is 81.4 cm³/mol. The Morgan fingerprint density at radius 1 is 1.35 bits per heavy atom. The molecule has 0 spiro atoms. The molecule has 20 heavy (non-hydrogen) atoms. The van der Waals surface area contributed by atoms with Crippen molar-refractivity contribution < 1.29 is 4.74 Å². The summed E-state index contributed by atoms with van der Waals surface area (Å²) in [5.74, 6) is 0.599. The Kier molecular flexibility index (Phi) is 5.34. The maximum absolute atomic E-state index is 5.74. The number of methoxy groups -OCH3 is 1. The molecule has 1 aromatic rings. The van der Waals surface area contributed by atoms with Gasteiger partial charge >= 0.3 is 0 Å². The SMILES string of the molecule is COCCN1C(C)CN(Cc2ccnc(N)c2)CC1C. The highest BCUT2D eigenvalue weighted by Crippen LogP contribution is 2.18. The Bertz CT molecular complexity index is 414. The Morgan fingerprint density at radius 3 is 2.65 bits per heavy atom. The second kappa shape index (κ2) is 7.02. The standard InChI is InChI=1S/C15H26N4O/c1-12-9-18(10-13(2)19(12)6-7-20-3)11-14-4-5-17-15(16)8-14/h4-5,8,12-13H,6-7,9-11H2,1-3H3,(H2,16,17). The molecule has 2 unspecified atom stereocenters. The lowest BCUT2D eigenvalue weighted by molar-refractivity contribution is 0.0179. The number of hydrogen-bond acceptors (Lipinski definition) is 5. The van der Waals surface area contributed by atoms with Crippen LogP contribution in [-0.2, 0) is 11.3 Å². The summed E-state index contributed by atoms with van der Waals surface area (Å²) >= 11 is 0. The monoisotopic (exact) mass is 278 g/mol. The van der Waals surface area contributed by atoms with E-state index in [4.69, 9.17) is 10.5 Å². The fraction of sp³-hybridized carbons (Fsp3) is 0.667. The third-order valence-electron chi connectivity index (χ3n) is 3.98. The summed E-state index contributed by atoms with van der Waals surface area (Å²) in [6, 6.07) is 5.11. The Balaban J connectivity index is 1.93. The minimum Gasteiger partial charge on any atom is -0.384 e. The van der Waals surface area contributed by atoms with Crippen LogP contribution < -0.4 is 5.73 Å². The fourth-order valence-corrected chi connectivity index (χ4v) is 3.08. The van der Waals surface area contributed by atoms with Crippen molar-refractivity contribution in [3.05, 3.63) is 23.9 Å². The second-order valence-electron chi connectivity index (χ2n) is 5.71. The molecule has 112 valence electrons. The van der Waals surface area contributed by atoms with Crippen LogP contribution in [0.1, 0.15) is 19.4 Å². The molecule has 0 saturated carbocycles. The number of ether oxygens (including phenoxy) is 1. The molecule has 1 aliphatic rings. The number of hydrogen-bond donors (Lipinski definition) is 1. The number of aromatic nitrogens is 1. The molecule has 1 fully saturated rings. The molecule has 0 amide bonds. The van der Waals surface area contributed by atoms with Crippen molar-refractivity contribution >= 4 is 5.82 Å². The normalized spacial score (nSPS) is 24.9. The zero-order valence-corrected chi connectivity index (χ0v) is 12.7. The smallest absolute Gasteiger partial charge is 0.123 e. The largest absolute Gasteiger partial charge is 0.384 e. The minimum absolute atomic E-state index is 0.549. The van der Waals surface area contributed by atoms with Gasteiger partial charge in [-0.3, -0.25) is 9.80 Å². The average Bonchev–Trinajstić information content (AvgIpc) is 2.38. The fourth-order valence-electron chi connectivity index (χ4n) is 3.08. The van der Waals surface area contributed by atoms with E-state index in [1.165, 1.54) is 5.56 Å². The van der Waals surface area contributed by atoms with E-state index in [9.17, 15) is 0 Å². The van der Waals surface area contributed by atoms with E-state index in [0.717, 1.165) is 32.8 Å². The van der Waals surface area contributed by atoms with Gasteiger partial charge < -0.3 is 10.5 Å². The molecule has 0 radical (unpaired) electrons. The molecule has 2 N–H and O–H groups in total. The second-order valence-corrected chi connectivity index (χ2v) is 5.71. The van der Waals surface area contributed by atoms with E-state index in [1.807, 2.05) is 12.1 Å². The number of nitrogen functional groups attached to an aromatic ring is 1. The zero-order valence-electron chi connectivity index (χ0n) is 12.7. The number of rotatable bonds is 5. The first-order chi connectivity index (χ1) is 9.60. The van der Waals surface area contributed by atoms with Gasteiger partial charge in [-0.1, -0.05) is 0 Å². The van der Waals surface area contributed by atoms with Crippen LogP contribution in [0.3, 0.4) is 0 Å². The lowest BCUT2D eigenvalue weighted by atomic mass is 10.1. The quantitative estimate of drug-likeness (QED) is 0.877. The van der Waals surface area contributed by atoms with Crippen molar-refractivity contribution in [1.82, 2.24) is 14.8 Å². The molecule has 1 aliphatic heterocycles. The van der Waals surface area contributed by atoms with Crippen LogP contribution in [0, 0.1) is 0 Å². The third-order valence-corrected chi connectivity index (χ3v) is 3.98. The van der Waals surface area contributed by atoms with Gasteiger partial charge in [0.05, 0.1) is 6.61 Å². The minimum atomic E-state index is 0.549. The highest BCUT2D eigenvalue weighted by molar-refractivity contribution is 5.31. The summed E-state index contributed by atoms with van der Waals surface area (Å²) in [6.07, 6.45) is 1.78. The highest BCUT2D eigenvalue weighted by atomic mass is 16.5. The number of nitrogens with two attached hydrogens (primary N) is 1. The number of nitrogens with zero attached hydrogens (tertiary/aromatic N) is 3. The van der Waals surface area contributed by atoms with E-state index in [1.54, 1.807) is 13.3 Å². The molecule has 1 aromatic heterocycles. The maximum Gasteiger partial charge on any atom is 0.123 e. The van der Waals surface area contributed by atoms with Crippen molar-refractivity contribution in [2.45, 2.75) is 32.5 Å². The van der Waals surface area contributed by atoms with Gasteiger partial charge in [0.2, 0.25) is 0 Å². The summed E-state index contributed by atoms with van der Waals surface area (Å²) in [6.45, 7) is 9.50. The maximum atomic E-state index is 5.74. The van der Waals surface area contributed by atoms with E-state index < -0.39 is 0 Å². The highest BCUT2D eigenvalue weighted by Gasteiger charge is 2.28. The summed E-state index contributed by atoms with van der Waals surface area (Å²) in [7, 11) is 1.76. The van der Waals surface area contributed by atoms with Gasteiger partial charge in [-0.25, -0.2) is 4.98 Å². The topological polar surface area (TPSA) is 54.6 Å². The van der Waals surface area contributed by atoms with Gasteiger partial charge in [0.1, 0.15) is 5.82 Å². The molecular formula is C15H26N4O. The summed E-state index contributed by atoms with van der Waals surface area (Å²) in [5, 5.41) is 0. The van der Waals surface area contributed by atoms with E-state index in [-0.39, 0.29) is 0 Å². The van der Waals surface area contributed by atoms with Crippen molar-refractivity contribution in [3.8, 4) is 0 Å². The van der Waals surface area contributed by atoms with Gasteiger partial charge in [0.15, 0.2) is 0 Å².